The number of aromatic nitrogens is 2. The first kappa shape index (κ1) is 14.9. The van der Waals surface area contributed by atoms with Gasteiger partial charge >= 0.3 is 0 Å². The molecule has 22 heavy (non-hydrogen) atoms. The quantitative estimate of drug-likeness (QED) is 0.847. The van der Waals surface area contributed by atoms with Gasteiger partial charge in [0.2, 0.25) is 0 Å². The summed E-state index contributed by atoms with van der Waals surface area (Å²) < 4.78 is 2.16. The Morgan fingerprint density at radius 2 is 1.77 bits per heavy atom. The summed E-state index contributed by atoms with van der Waals surface area (Å²) in [6, 6.07) is 11.3. The molecule has 1 aromatic heterocycles. The molecule has 0 atom stereocenters. The van der Waals surface area contributed by atoms with Gasteiger partial charge in [0.25, 0.3) is 0 Å². The van der Waals surface area contributed by atoms with Crippen LogP contribution in [0.4, 0.5) is 17.2 Å². The first-order valence-corrected chi connectivity index (χ1v) is 8.47. The van der Waals surface area contributed by atoms with Gasteiger partial charge in [-0.05, 0) is 51.0 Å². The van der Waals surface area contributed by atoms with Crippen LogP contribution in [0.15, 0.2) is 36.5 Å². The summed E-state index contributed by atoms with van der Waals surface area (Å²) in [5.74, 6) is 1.10. The second-order valence-corrected chi connectivity index (χ2v) is 5.94. The van der Waals surface area contributed by atoms with E-state index >= 15 is 0 Å². The van der Waals surface area contributed by atoms with Gasteiger partial charge in [0.05, 0.1) is 12.2 Å². The third kappa shape index (κ3) is 3.11. The van der Waals surface area contributed by atoms with E-state index in [1.54, 1.807) is 0 Å². The normalized spacial score (nSPS) is 15.2. The summed E-state index contributed by atoms with van der Waals surface area (Å²) >= 11 is 0. The maximum Gasteiger partial charge on any atom is 0.128 e. The van der Waals surface area contributed by atoms with Crippen LogP contribution >= 0.6 is 0 Å². The number of rotatable bonds is 6. The molecule has 0 saturated heterocycles. The van der Waals surface area contributed by atoms with Gasteiger partial charge in [-0.25, -0.2) is 4.68 Å². The van der Waals surface area contributed by atoms with Gasteiger partial charge < -0.3 is 10.2 Å². The summed E-state index contributed by atoms with van der Waals surface area (Å²) in [4.78, 5) is 2.35. The zero-order chi connectivity index (χ0) is 15.4. The first-order chi connectivity index (χ1) is 10.8. The number of benzene rings is 1. The third-order valence-electron chi connectivity index (χ3n) is 4.61. The fraction of sp³-hybridized carbons (Fsp3) is 0.500. The van der Waals surface area contributed by atoms with E-state index in [0.29, 0.717) is 6.04 Å². The van der Waals surface area contributed by atoms with Crippen LogP contribution in [0.3, 0.4) is 0 Å². The van der Waals surface area contributed by atoms with Gasteiger partial charge in [-0.1, -0.05) is 12.8 Å². The van der Waals surface area contributed by atoms with Gasteiger partial charge in [0, 0.05) is 30.5 Å². The van der Waals surface area contributed by atoms with Crippen molar-refractivity contribution in [3.63, 3.8) is 0 Å². The number of nitrogens with one attached hydrogen (secondary N) is 1. The monoisotopic (exact) mass is 298 g/mol. The van der Waals surface area contributed by atoms with E-state index in [0.717, 1.165) is 24.6 Å². The molecule has 1 saturated carbocycles. The van der Waals surface area contributed by atoms with Crippen LogP contribution in [-0.2, 0) is 0 Å². The van der Waals surface area contributed by atoms with Crippen LogP contribution in [0.25, 0.3) is 0 Å². The van der Waals surface area contributed by atoms with Crippen molar-refractivity contribution in [3.05, 3.63) is 36.5 Å². The SMILES string of the molecule is CCN(CC)c1ccc(Nc2ccnn2C2CCCC2)cc1. The smallest absolute Gasteiger partial charge is 0.128 e. The molecule has 118 valence electrons. The topological polar surface area (TPSA) is 33.1 Å². The highest BCUT2D eigenvalue weighted by Gasteiger charge is 2.19. The molecular formula is C18H26N4. The van der Waals surface area contributed by atoms with E-state index in [1.165, 1.54) is 31.4 Å². The van der Waals surface area contributed by atoms with Crippen molar-refractivity contribution in [1.29, 1.82) is 0 Å². The van der Waals surface area contributed by atoms with Gasteiger partial charge in [-0.2, -0.15) is 5.10 Å². The molecule has 1 aliphatic rings. The standard InChI is InChI=1S/C18H26N4/c1-3-21(4-2)16-11-9-15(10-12-16)20-18-13-14-19-22(18)17-7-5-6-8-17/h9-14,17,20H,3-8H2,1-2H3. The lowest BCUT2D eigenvalue weighted by Gasteiger charge is -2.21. The maximum absolute atomic E-state index is 4.51. The van der Waals surface area contributed by atoms with Crippen molar-refractivity contribution in [2.45, 2.75) is 45.6 Å². The zero-order valence-electron chi connectivity index (χ0n) is 13.6. The highest BCUT2D eigenvalue weighted by molar-refractivity contribution is 5.61. The lowest BCUT2D eigenvalue weighted by Crippen LogP contribution is -2.21. The van der Waals surface area contributed by atoms with E-state index in [2.05, 4.69) is 64.2 Å². The maximum atomic E-state index is 4.51. The van der Waals surface area contributed by atoms with Crippen molar-refractivity contribution < 1.29 is 0 Å². The Morgan fingerprint density at radius 1 is 1.09 bits per heavy atom. The van der Waals surface area contributed by atoms with Gasteiger partial charge in [-0.15, -0.1) is 0 Å². The molecule has 1 aliphatic carbocycles. The molecule has 1 N–H and O–H groups in total. The van der Waals surface area contributed by atoms with Crippen LogP contribution in [0.1, 0.15) is 45.6 Å². The Balaban J connectivity index is 1.72. The van der Waals surface area contributed by atoms with Crippen molar-refractivity contribution in [1.82, 2.24) is 9.78 Å². The molecule has 3 rings (SSSR count). The Hall–Kier alpha value is -1.97. The predicted octanol–water partition coefficient (Wildman–Crippen LogP) is 4.59. The Morgan fingerprint density at radius 3 is 2.41 bits per heavy atom. The van der Waals surface area contributed by atoms with Crippen LogP contribution in [0.5, 0.6) is 0 Å². The summed E-state index contributed by atoms with van der Waals surface area (Å²) in [7, 11) is 0. The molecule has 1 heterocycles. The molecule has 1 fully saturated rings. The average Bonchev–Trinajstić information content (AvgIpc) is 3.21. The van der Waals surface area contributed by atoms with E-state index in [1.807, 2.05) is 6.20 Å². The van der Waals surface area contributed by atoms with E-state index in [9.17, 15) is 0 Å². The highest BCUT2D eigenvalue weighted by atomic mass is 15.3. The van der Waals surface area contributed by atoms with Crippen LogP contribution < -0.4 is 10.2 Å². The number of hydrogen-bond donors (Lipinski definition) is 1. The van der Waals surface area contributed by atoms with E-state index in [-0.39, 0.29) is 0 Å². The highest BCUT2D eigenvalue weighted by Crippen LogP contribution is 2.32. The number of hydrogen-bond acceptors (Lipinski definition) is 3. The third-order valence-corrected chi connectivity index (χ3v) is 4.61. The lowest BCUT2D eigenvalue weighted by atomic mass is 10.2. The van der Waals surface area contributed by atoms with Crippen molar-refractivity contribution in [3.8, 4) is 0 Å². The van der Waals surface area contributed by atoms with Crippen molar-refractivity contribution in [2.24, 2.45) is 0 Å². The zero-order valence-corrected chi connectivity index (χ0v) is 13.6. The largest absolute Gasteiger partial charge is 0.372 e. The second kappa shape index (κ2) is 6.86. The van der Waals surface area contributed by atoms with Gasteiger partial charge in [0.15, 0.2) is 0 Å². The molecule has 1 aromatic carbocycles. The number of nitrogens with zero attached hydrogens (tertiary/aromatic N) is 3. The molecule has 0 bridgehead atoms. The minimum absolute atomic E-state index is 0.562. The van der Waals surface area contributed by atoms with E-state index in [4.69, 9.17) is 0 Å². The molecule has 0 spiro atoms. The summed E-state index contributed by atoms with van der Waals surface area (Å²) in [6.07, 6.45) is 7.03. The van der Waals surface area contributed by atoms with Gasteiger partial charge in [-0.3, -0.25) is 0 Å². The summed E-state index contributed by atoms with van der Waals surface area (Å²) in [6.45, 7) is 6.46. The second-order valence-electron chi connectivity index (χ2n) is 5.94. The predicted molar refractivity (Wildman–Crippen MR) is 93.0 cm³/mol. The summed E-state index contributed by atoms with van der Waals surface area (Å²) in [5, 5.41) is 8.03. The van der Waals surface area contributed by atoms with Crippen LogP contribution in [-0.4, -0.2) is 22.9 Å². The fourth-order valence-corrected chi connectivity index (χ4v) is 3.35. The minimum atomic E-state index is 0.562. The average molecular weight is 298 g/mol. The Kier molecular flexibility index (Phi) is 4.66. The molecule has 4 nitrogen and oxygen atoms in total. The Labute approximate surface area is 133 Å². The Bertz CT molecular complexity index is 577. The molecule has 2 aromatic rings. The molecule has 0 unspecified atom stereocenters. The first-order valence-electron chi connectivity index (χ1n) is 8.47. The van der Waals surface area contributed by atoms with E-state index < -0.39 is 0 Å². The van der Waals surface area contributed by atoms with Crippen molar-refractivity contribution >= 4 is 17.2 Å². The molecular weight excluding hydrogens is 272 g/mol. The summed E-state index contributed by atoms with van der Waals surface area (Å²) in [5.41, 5.74) is 2.40. The van der Waals surface area contributed by atoms with Crippen molar-refractivity contribution in [2.75, 3.05) is 23.3 Å². The minimum Gasteiger partial charge on any atom is -0.372 e. The molecule has 4 heteroatoms. The van der Waals surface area contributed by atoms with Gasteiger partial charge in [0.1, 0.15) is 5.82 Å². The number of anilines is 3. The van der Waals surface area contributed by atoms with Crippen LogP contribution in [0.2, 0.25) is 0 Å². The van der Waals surface area contributed by atoms with Crippen LogP contribution in [0, 0.1) is 0 Å². The lowest BCUT2D eigenvalue weighted by molar-refractivity contribution is 0.473. The molecule has 0 amide bonds. The molecule has 0 aliphatic heterocycles. The fourth-order valence-electron chi connectivity index (χ4n) is 3.35. The molecule has 0 radical (unpaired) electrons.